The number of aliphatic hydroxyl groups is 4. The molecule has 0 bridgehead atoms. The van der Waals surface area contributed by atoms with Crippen LogP contribution in [0.2, 0.25) is 5.28 Å². The highest BCUT2D eigenvalue weighted by molar-refractivity contribution is 6.28. The Hall–Kier alpha value is -6.18. The van der Waals surface area contributed by atoms with Gasteiger partial charge < -0.3 is 81.4 Å². The molecule has 29 nitrogen and oxygen atoms in total. The van der Waals surface area contributed by atoms with Gasteiger partial charge in [-0.25, -0.2) is 9.97 Å². The zero-order valence-electron chi connectivity index (χ0n) is 46.6. The number of hydrogen-bond acceptors (Lipinski definition) is 25. The predicted octanol–water partition coefficient (Wildman–Crippen LogP) is 0.266. The highest BCUT2D eigenvalue weighted by Gasteiger charge is 2.49. The zero-order chi connectivity index (χ0) is 56.8. The molecule has 4 aliphatic heterocycles. The molecular formula is C51H76ClN21O8. The van der Waals surface area contributed by atoms with Crippen molar-refractivity contribution in [3.05, 3.63) is 17.9 Å². The fraction of sp³-hybridized carbons (Fsp3) is 0.706. The summed E-state index contributed by atoms with van der Waals surface area (Å²) in [6, 6.07) is 0.829. The number of aliphatic hydroxyl groups excluding tert-OH is 4. The number of imidazole rings is 2. The molecule has 5 aromatic heterocycles. The van der Waals surface area contributed by atoms with Gasteiger partial charge >= 0.3 is 0 Å². The van der Waals surface area contributed by atoms with Crippen molar-refractivity contribution in [1.82, 2.24) is 74.4 Å². The van der Waals surface area contributed by atoms with E-state index in [2.05, 4.69) is 89.7 Å². The van der Waals surface area contributed by atoms with Gasteiger partial charge in [0.25, 0.3) is 11.8 Å². The summed E-state index contributed by atoms with van der Waals surface area (Å²) in [4.78, 5) is 77.2. The second-order valence-electron chi connectivity index (χ2n) is 22.7. The lowest BCUT2D eigenvalue weighted by Gasteiger charge is -2.31. The Kier molecular flexibility index (Phi) is 16.8. The van der Waals surface area contributed by atoms with Crippen LogP contribution in [0.1, 0.15) is 90.5 Å². The molecule has 2 amide bonds. The Morgan fingerprint density at radius 2 is 0.938 bits per heavy atom. The van der Waals surface area contributed by atoms with Crippen LogP contribution in [-0.2, 0) is 19.1 Å². The quantitative estimate of drug-likeness (QED) is 0.0563. The number of rotatable bonds is 18. The number of anilines is 6. The number of carbonyl (C=O) groups is 2. The van der Waals surface area contributed by atoms with Gasteiger partial charge in [0.15, 0.2) is 58.6 Å². The third-order valence-corrected chi connectivity index (χ3v) is 17.0. The summed E-state index contributed by atoms with van der Waals surface area (Å²) in [5.41, 5.74) is 1.78. The molecule has 0 spiro atoms. The van der Waals surface area contributed by atoms with Crippen molar-refractivity contribution in [3.8, 4) is 0 Å². The van der Waals surface area contributed by atoms with Crippen molar-refractivity contribution in [3.63, 3.8) is 0 Å². The standard InChI is InChI=1S/C51H76ClN21O8/c1-7-53-43(78)37-33(74)35(76)45(80-37)72-23-55-31-39(61-50(63-41(31)72)70-19-17-29(21-70)68(3)4)57-25-9-13-27(14-10-25)59-48-65-47(52)66-49(67-48)60-28-15-11-26(12-16-28)58-40-32-42(64-51(62-40)71-20-18-30(22-71)69(5)6)73(24-56-32)46-36(77)34(75)38(81-46)44(79)54-8-2/h23-30,33-38,45-46,74-77H,7-22H2,1-6H3,(H,53,78)(H,54,79)(H,57,61,63)(H,58,62,64)(H2,59,60,65,66,67)/t25-,26-,27-,28-,29-,30-,33+,34+,35-,36-,37+,38+,45-,46-/m1/s1. The minimum Gasteiger partial charge on any atom is -0.387 e. The molecule has 81 heavy (non-hydrogen) atoms. The smallest absolute Gasteiger partial charge is 0.252 e. The molecule has 2 saturated carbocycles. The Bertz CT molecular complexity index is 2830. The van der Waals surface area contributed by atoms with Crippen molar-refractivity contribution >= 4 is 81.2 Å². The molecule has 0 radical (unpaired) electrons. The second-order valence-corrected chi connectivity index (χ2v) is 23.0. The van der Waals surface area contributed by atoms with E-state index in [0.29, 0.717) is 82.9 Å². The minimum atomic E-state index is -1.45. The normalized spacial score (nSPS) is 30.7. The van der Waals surface area contributed by atoms with Gasteiger partial charge in [0.1, 0.15) is 24.4 Å². The largest absolute Gasteiger partial charge is 0.387 e. The number of halogens is 1. The first-order chi connectivity index (χ1) is 39.0. The molecule has 5 aromatic rings. The average molecular weight is 1150 g/mol. The fourth-order valence-electron chi connectivity index (χ4n) is 12.1. The number of likely N-dealkylation sites (N-methyl/N-ethyl adjacent to an activating group) is 4. The monoisotopic (exact) mass is 1150 g/mol. The number of hydrogen-bond donors (Lipinski definition) is 10. The molecule has 440 valence electrons. The van der Waals surface area contributed by atoms with Crippen molar-refractivity contribution in [2.75, 3.05) is 98.5 Å². The van der Waals surface area contributed by atoms with E-state index in [1.807, 2.05) is 0 Å². The number of nitrogens with zero attached hydrogens (tertiary/aromatic N) is 15. The SMILES string of the molecule is CCNC(=O)[C@H]1O[C@@H](n2cnc3c(N[C@H]4CC[C@H](Nc5nc(Cl)nc(N[C@H]6CC[C@H](Nc7nc(N8CC[C@@H](N(C)C)C8)nc8c7ncn8[C@@H]7O[C@H](C(=O)NCC)[C@@H](O)[C@H]7O)CC6)n5)CC4)nc(N4CC[C@@H](N(C)C)C4)nc32)[C@H](O)[C@@H]1O. The van der Waals surface area contributed by atoms with E-state index in [1.54, 1.807) is 23.0 Å². The van der Waals surface area contributed by atoms with Crippen LogP contribution in [0.5, 0.6) is 0 Å². The van der Waals surface area contributed by atoms with E-state index in [9.17, 15) is 30.0 Å². The van der Waals surface area contributed by atoms with E-state index in [4.69, 9.17) is 56.0 Å². The van der Waals surface area contributed by atoms with Crippen molar-refractivity contribution < 1.29 is 39.5 Å². The second kappa shape index (κ2) is 24.0. The Balaban J connectivity index is 0.724. The van der Waals surface area contributed by atoms with Crippen molar-refractivity contribution in [2.45, 2.75) is 163 Å². The lowest BCUT2D eigenvalue weighted by molar-refractivity contribution is -0.138. The topological polar surface area (TPSA) is 345 Å². The van der Waals surface area contributed by atoms with Crippen LogP contribution < -0.4 is 41.7 Å². The molecule has 10 N–H and O–H groups in total. The van der Waals surface area contributed by atoms with E-state index >= 15 is 0 Å². The van der Waals surface area contributed by atoms with E-state index in [1.165, 1.54) is 12.7 Å². The Labute approximate surface area is 473 Å². The van der Waals surface area contributed by atoms with Crippen LogP contribution in [0.25, 0.3) is 22.3 Å². The maximum atomic E-state index is 12.8. The molecule has 10 atom stereocenters. The summed E-state index contributed by atoms with van der Waals surface area (Å²) < 4.78 is 15.2. The lowest BCUT2D eigenvalue weighted by Crippen LogP contribution is -2.42. The third-order valence-electron chi connectivity index (χ3n) is 16.8. The van der Waals surface area contributed by atoms with Gasteiger partial charge in [0, 0.05) is 75.5 Å². The van der Waals surface area contributed by atoms with Crippen LogP contribution in [0.3, 0.4) is 0 Å². The molecule has 9 heterocycles. The van der Waals surface area contributed by atoms with Gasteiger partial charge in [-0.05, 0) is 118 Å². The summed E-state index contributed by atoms with van der Waals surface area (Å²) in [7, 11) is 8.24. The summed E-state index contributed by atoms with van der Waals surface area (Å²) >= 11 is 6.54. The van der Waals surface area contributed by atoms with Crippen LogP contribution in [0.4, 0.5) is 35.4 Å². The molecule has 0 aromatic carbocycles. The Morgan fingerprint density at radius 1 is 0.556 bits per heavy atom. The number of ether oxygens (including phenoxy) is 2. The van der Waals surface area contributed by atoms with E-state index in [0.717, 1.165) is 90.4 Å². The highest BCUT2D eigenvalue weighted by Crippen LogP contribution is 2.38. The van der Waals surface area contributed by atoms with Crippen LogP contribution >= 0.6 is 11.6 Å². The first-order valence-electron chi connectivity index (χ1n) is 28.4. The zero-order valence-corrected chi connectivity index (χ0v) is 47.3. The van der Waals surface area contributed by atoms with Crippen LogP contribution in [0, 0.1) is 0 Å². The summed E-state index contributed by atoms with van der Waals surface area (Å²) in [6.45, 7) is 7.19. The number of nitrogens with one attached hydrogen (secondary N) is 6. The van der Waals surface area contributed by atoms with Gasteiger partial charge in [-0.2, -0.15) is 34.9 Å². The van der Waals surface area contributed by atoms with Gasteiger partial charge in [-0.1, -0.05) is 0 Å². The van der Waals surface area contributed by atoms with Crippen LogP contribution in [0.15, 0.2) is 12.7 Å². The fourth-order valence-corrected chi connectivity index (χ4v) is 12.3. The van der Waals surface area contributed by atoms with Gasteiger partial charge in [-0.3, -0.25) is 18.7 Å². The number of amides is 2. The van der Waals surface area contributed by atoms with Crippen molar-refractivity contribution in [2.24, 2.45) is 0 Å². The molecule has 0 unspecified atom stereocenters. The molecule has 6 aliphatic rings. The summed E-state index contributed by atoms with van der Waals surface area (Å²) in [5.74, 6) is 1.87. The minimum absolute atomic E-state index is 0.0405. The van der Waals surface area contributed by atoms with Gasteiger partial charge in [0.2, 0.25) is 29.1 Å². The average Bonchev–Trinajstić information content (AvgIpc) is 4.53. The highest BCUT2D eigenvalue weighted by atomic mass is 35.5. The predicted molar refractivity (Wildman–Crippen MR) is 300 cm³/mol. The lowest BCUT2D eigenvalue weighted by atomic mass is 9.91. The Morgan fingerprint density at radius 3 is 1.30 bits per heavy atom. The molecule has 11 rings (SSSR count). The maximum Gasteiger partial charge on any atom is 0.252 e. The van der Waals surface area contributed by atoms with Gasteiger partial charge in [0.05, 0.1) is 12.7 Å². The molecule has 6 fully saturated rings. The van der Waals surface area contributed by atoms with E-state index < -0.39 is 60.9 Å². The first kappa shape index (κ1) is 56.7. The number of fused-ring (bicyclic) bond motifs is 2. The third kappa shape index (κ3) is 11.8. The first-order valence-corrected chi connectivity index (χ1v) is 28.8. The van der Waals surface area contributed by atoms with Gasteiger partial charge in [-0.15, -0.1) is 0 Å². The summed E-state index contributed by atoms with van der Waals surface area (Å²) in [5, 5.41) is 63.8. The van der Waals surface area contributed by atoms with Crippen molar-refractivity contribution in [1.29, 1.82) is 0 Å². The molecule has 2 aliphatic carbocycles. The number of aromatic nitrogens is 11. The molecular weight excluding hydrogens is 1070 g/mol. The maximum absolute atomic E-state index is 12.8. The van der Waals surface area contributed by atoms with Crippen LogP contribution in [-0.4, -0.2) is 236 Å². The number of carbonyl (C=O) groups excluding carboxylic acids is 2. The summed E-state index contributed by atoms with van der Waals surface area (Å²) in [6.07, 6.45) is 0.769. The molecule has 30 heteroatoms. The van der Waals surface area contributed by atoms with E-state index in [-0.39, 0.29) is 29.5 Å². The molecule has 4 saturated heterocycles.